The van der Waals surface area contributed by atoms with Crippen LogP contribution in [0.4, 0.5) is 0 Å². The first-order valence-corrected chi connectivity index (χ1v) is 9.21. The highest BCUT2D eigenvalue weighted by Gasteiger charge is 2.73. The van der Waals surface area contributed by atoms with Gasteiger partial charge >= 0.3 is 0 Å². The molecule has 1 saturated carbocycles. The highest BCUT2D eigenvalue weighted by Crippen LogP contribution is 2.70. The lowest BCUT2D eigenvalue weighted by molar-refractivity contribution is -0.138. The summed E-state index contributed by atoms with van der Waals surface area (Å²) in [5.41, 5.74) is 2.06. The zero-order valence-electron chi connectivity index (χ0n) is 15.1. The normalized spacial score (nSPS) is 29.1. The third kappa shape index (κ3) is 1.77. The molecule has 25 heavy (non-hydrogen) atoms. The monoisotopic (exact) mass is 377 g/mol. The molecular formula is C19H21Cl2N3O. The van der Waals surface area contributed by atoms with Gasteiger partial charge in [0.05, 0.1) is 37.9 Å². The van der Waals surface area contributed by atoms with Gasteiger partial charge in [-0.15, -0.1) is 0 Å². The number of hydrogen-bond donors (Lipinski definition) is 0. The second-order valence-corrected chi connectivity index (χ2v) is 9.05. The molecule has 0 aliphatic heterocycles. The van der Waals surface area contributed by atoms with Crippen LogP contribution in [0.2, 0.25) is 10.0 Å². The maximum absolute atomic E-state index is 13.3. The van der Waals surface area contributed by atoms with Crippen LogP contribution in [0.25, 0.3) is 11.0 Å². The second kappa shape index (κ2) is 4.86. The number of aromatic nitrogens is 2. The number of likely N-dealkylation sites (N-methyl/N-ethyl adjacent to an activating group) is 1. The predicted molar refractivity (Wildman–Crippen MR) is 100 cm³/mol. The van der Waals surface area contributed by atoms with Gasteiger partial charge in [-0.1, -0.05) is 44.0 Å². The first kappa shape index (κ1) is 17.0. The van der Waals surface area contributed by atoms with Gasteiger partial charge < -0.3 is 4.90 Å². The van der Waals surface area contributed by atoms with Gasteiger partial charge in [0.25, 0.3) is 0 Å². The van der Waals surface area contributed by atoms with E-state index in [1.54, 1.807) is 17.0 Å². The maximum atomic E-state index is 13.3. The molecule has 1 aromatic carbocycles. The molecule has 0 saturated heterocycles. The third-order valence-electron chi connectivity index (χ3n) is 6.85. The molecule has 1 fully saturated rings. The fourth-order valence-corrected chi connectivity index (χ4v) is 5.27. The quantitative estimate of drug-likeness (QED) is 0.741. The van der Waals surface area contributed by atoms with E-state index in [0.29, 0.717) is 15.6 Å². The number of carbonyl (C=O) groups is 1. The Bertz CT molecular complexity index is 940. The number of benzene rings is 1. The summed E-state index contributed by atoms with van der Waals surface area (Å²) in [5, 5.41) is 0.917. The summed E-state index contributed by atoms with van der Waals surface area (Å²) in [5.74, 6) is 0.105. The van der Waals surface area contributed by atoms with Gasteiger partial charge in [-0.25, -0.2) is 9.97 Å². The van der Waals surface area contributed by atoms with Gasteiger partial charge in [0, 0.05) is 19.5 Å². The highest BCUT2D eigenvalue weighted by atomic mass is 35.5. The molecule has 4 rings (SSSR count). The van der Waals surface area contributed by atoms with Crippen molar-refractivity contribution < 1.29 is 4.79 Å². The summed E-state index contributed by atoms with van der Waals surface area (Å²) in [6, 6.07) is 3.50. The SMILES string of the molecule is CN(C)C(=O)[C@]12CC[C@](C)(c3nc4cc(Cl)c(Cl)cc4nc31)C2(C)C. The fraction of sp³-hybridized carbons (Fsp3) is 0.526. The van der Waals surface area contributed by atoms with Crippen molar-refractivity contribution in [2.24, 2.45) is 5.41 Å². The Morgan fingerprint density at radius 2 is 1.52 bits per heavy atom. The van der Waals surface area contributed by atoms with Crippen molar-refractivity contribution in [2.75, 3.05) is 14.1 Å². The lowest BCUT2D eigenvalue weighted by Gasteiger charge is -2.40. The lowest BCUT2D eigenvalue weighted by atomic mass is 9.63. The summed E-state index contributed by atoms with van der Waals surface area (Å²) in [6.07, 6.45) is 1.72. The van der Waals surface area contributed by atoms with Gasteiger partial charge in [-0.05, 0) is 30.4 Å². The Kier molecular flexibility index (Phi) is 3.31. The molecule has 2 aromatic rings. The largest absolute Gasteiger partial charge is 0.348 e. The molecule has 2 bridgehead atoms. The van der Waals surface area contributed by atoms with Gasteiger partial charge in [0.1, 0.15) is 0 Å². The molecule has 0 N–H and O–H groups in total. The average Bonchev–Trinajstić information content (AvgIpc) is 2.82. The van der Waals surface area contributed by atoms with Crippen LogP contribution in [0.15, 0.2) is 12.1 Å². The van der Waals surface area contributed by atoms with Crippen molar-refractivity contribution in [1.29, 1.82) is 0 Å². The summed E-state index contributed by atoms with van der Waals surface area (Å²) < 4.78 is 0. The highest BCUT2D eigenvalue weighted by molar-refractivity contribution is 6.42. The molecule has 2 aliphatic rings. The van der Waals surface area contributed by atoms with E-state index in [-0.39, 0.29) is 16.7 Å². The number of nitrogens with zero attached hydrogens (tertiary/aromatic N) is 3. The third-order valence-corrected chi connectivity index (χ3v) is 7.57. The first-order valence-electron chi connectivity index (χ1n) is 8.46. The lowest BCUT2D eigenvalue weighted by Crippen LogP contribution is -2.50. The van der Waals surface area contributed by atoms with Gasteiger partial charge in [-0.3, -0.25) is 4.79 Å². The van der Waals surface area contributed by atoms with Crippen molar-refractivity contribution in [2.45, 2.75) is 44.4 Å². The fourth-order valence-electron chi connectivity index (χ4n) is 4.95. The van der Waals surface area contributed by atoms with Crippen LogP contribution < -0.4 is 0 Å². The van der Waals surface area contributed by atoms with Crippen LogP contribution >= 0.6 is 23.2 Å². The minimum absolute atomic E-state index is 0.105. The van der Waals surface area contributed by atoms with E-state index in [1.807, 2.05) is 14.1 Å². The number of rotatable bonds is 1. The number of amides is 1. The molecule has 2 aliphatic carbocycles. The van der Waals surface area contributed by atoms with Crippen LogP contribution in [-0.2, 0) is 15.6 Å². The molecular weight excluding hydrogens is 357 g/mol. The van der Waals surface area contributed by atoms with Gasteiger partial charge in [-0.2, -0.15) is 0 Å². The Balaban J connectivity index is 2.10. The van der Waals surface area contributed by atoms with E-state index in [4.69, 9.17) is 33.2 Å². The van der Waals surface area contributed by atoms with Crippen LogP contribution in [0.1, 0.15) is 45.0 Å². The smallest absolute Gasteiger partial charge is 0.234 e. The molecule has 0 unspecified atom stereocenters. The number of hydrogen-bond acceptors (Lipinski definition) is 3. The molecule has 1 heterocycles. The molecule has 0 radical (unpaired) electrons. The minimum atomic E-state index is -0.645. The van der Waals surface area contributed by atoms with E-state index in [0.717, 1.165) is 29.7 Å². The molecule has 6 heteroatoms. The van der Waals surface area contributed by atoms with Gasteiger partial charge in [0.15, 0.2) is 0 Å². The number of carbonyl (C=O) groups excluding carboxylic acids is 1. The van der Waals surface area contributed by atoms with Crippen molar-refractivity contribution in [3.8, 4) is 0 Å². The van der Waals surface area contributed by atoms with Crippen LogP contribution in [0.5, 0.6) is 0 Å². The van der Waals surface area contributed by atoms with Crippen LogP contribution in [0.3, 0.4) is 0 Å². The van der Waals surface area contributed by atoms with E-state index in [1.165, 1.54) is 0 Å². The number of halogens is 2. The van der Waals surface area contributed by atoms with Crippen molar-refractivity contribution in [1.82, 2.24) is 14.9 Å². The van der Waals surface area contributed by atoms with Crippen LogP contribution in [0, 0.1) is 5.41 Å². The summed E-state index contributed by atoms with van der Waals surface area (Å²) >= 11 is 12.3. The molecule has 0 spiro atoms. The van der Waals surface area contributed by atoms with Crippen molar-refractivity contribution in [3.05, 3.63) is 33.6 Å². The zero-order valence-corrected chi connectivity index (χ0v) is 16.6. The molecule has 1 amide bonds. The molecule has 132 valence electrons. The van der Waals surface area contributed by atoms with E-state index in [9.17, 15) is 4.79 Å². The molecule has 2 atom stereocenters. The average molecular weight is 378 g/mol. The summed E-state index contributed by atoms with van der Waals surface area (Å²) in [4.78, 5) is 24.8. The second-order valence-electron chi connectivity index (χ2n) is 8.24. The Morgan fingerprint density at radius 3 is 2.04 bits per heavy atom. The predicted octanol–water partition coefficient (Wildman–Crippen LogP) is 4.35. The van der Waals surface area contributed by atoms with Gasteiger partial charge in [0.2, 0.25) is 5.91 Å². The van der Waals surface area contributed by atoms with Crippen molar-refractivity contribution in [3.63, 3.8) is 0 Å². The van der Waals surface area contributed by atoms with Crippen LogP contribution in [-0.4, -0.2) is 34.9 Å². The van der Waals surface area contributed by atoms with E-state index in [2.05, 4.69) is 20.8 Å². The minimum Gasteiger partial charge on any atom is -0.348 e. The first-order chi connectivity index (χ1) is 11.6. The topological polar surface area (TPSA) is 46.1 Å². The summed E-state index contributed by atoms with van der Waals surface area (Å²) in [6.45, 7) is 6.56. The van der Waals surface area contributed by atoms with E-state index >= 15 is 0 Å². The maximum Gasteiger partial charge on any atom is 0.234 e. The zero-order chi connectivity index (χ0) is 18.4. The Morgan fingerprint density at radius 1 is 1.00 bits per heavy atom. The Labute approximate surface area is 157 Å². The molecule has 4 nitrogen and oxygen atoms in total. The van der Waals surface area contributed by atoms with E-state index < -0.39 is 5.41 Å². The number of fused-ring (bicyclic) bond motifs is 6. The Hall–Kier alpha value is -1.39. The standard InChI is InChI=1S/C19H21Cl2N3O/c1-17(2)18(3)6-7-19(17,16(25)24(4)5)15-14(18)22-12-8-10(20)11(21)9-13(12)23-15/h8-9H,6-7H2,1-5H3/t18-,19+/m1/s1. The summed E-state index contributed by atoms with van der Waals surface area (Å²) in [7, 11) is 3.62. The molecule has 1 aromatic heterocycles. The van der Waals surface area contributed by atoms with Crippen molar-refractivity contribution >= 4 is 40.1 Å².